The molecule has 1 atom stereocenters. The number of hydrogen-bond donors (Lipinski definition) is 2. The minimum absolute atomic E-state index is 0.0500. The second-order valence-electron chi connectivity index (χ2n) is 5.28. The number of carboxylic acids is 1. The normalized spacial score (nSPS) is 18.7. The summed E-state index contributed by atoms with van der Waals surface area (Å²) in [5.74, 6) is -2.02. The number of likely N-dealkylation sites (tertiary alicyclic amines) is 1. The molecule has 1 aromatic carbocycles. The van der Waals surface area contributed by atoms with Crippen molar-refractivity contribution in [3.05, 3.63) is 28.8 Å². The first kappa shape index (κ1) is 17.7. The summed E-state index contributed by atoms with van der Waals surface area (Å²) >= 11 is 6.02. The molecule has 1 aliphatic rings. The van der Waals surface area contributed by atoms with Gasteiger partial charge in [-0.2, -0.15) is 0 Å². The standard InChI is InChI=1S/C14H17ClN2O5S/c1-16-23(21,22)10-4-5-12(15)11(7-10)13(18)17-6-2-3-9(8-17)14(19)20/h4-5,7,9,16H,2-3,6,8H2,1H3,(H,19,20). The Bertz CT molecular complexity index is 735. The van der Waals surface area contributed by atoms with Crippen LogP contribution in [-0.4, -0.2) is 50.4 Å². The van der Waals surface area contributed by atoms with E-state index in [1.807, 2.05) is 0 Å². The number of sulfonamides is 1. The fourth-order valence-corrected chi connectivity index (χ4v) is 3.44. The van der Waals surface area contributed by atoms with Crippen LogP contribution in [0.1, 0.15) is 23.2 Å². The van der Waals surface area contributed by atoms with Gasteiger partial charge < -0.3 is 10.0 Å². The molecule has 1 saturated heterocycles. The van der Waals surface area contributed by atoms with Crippen LogP contribution in [0.4, 0.5) is 0 Å². The van der Waals surface area contributed by atoms with Crippen molar-refractivity contribution < 1.29 is 23.1 Å². The largest absolute Gasteiger partial charge is 0.481 e. The number of nitrogens with zero attached hydrogens (tertiary/aromatic N) is 1. The number of carbonyl (C=O) groups is 2. The quantitative estimate of drug-likeness (QED) is 0.839. The van der Waals surface area contributed by atoms with E-state index in [2.05, 4.69) is 4.72 Å². The van der Waals surface area contributed by atoms with Crippen LogP contribution >= 0.6 is 11.6 Å². The Morgan fingerprint density at radius 3 is 2.70 bits per heavy atom. The van der Waals surface area contributed by atoms with Crippen LogP contribution in [0.3, 0.4) is 0 Å². The minimum atomic E-state index is -3.70. The van der Waals surface area contributed by atoms with E-state index in [0.29, 0.717) is 19.4 Å². The SMILES string of the molecule is CNS(=O)(=O)c1ccc(Cl)c(C(=O)N2CCCC(C(=O)O)C2)c1. The highest BCUT2D eigenvalue weighted by molar-refractivity contribution is 7.89. The van der Waals surface area contributed by atoms with Gasteiger partial charge in [0.05, 0.1) is 21.4 Å². The number of rotatable bonds is 4. The maximum atomic E-state index is 12.6. The molecule has 9 heteroatoms. The van der Waals surface area contributed by atoms with Crippen LogP contribution in [0.15, 0.2) is 23.1 Å². The molecule has 7 nitrogen and oxygen atoms in total. The van der Waals surface area contributed by atoms with Crippen molar-refractivity contribution in [2.75, 3.05) is 20.1 Å². The first-order valence-corrected chi connectivity index (χ1v) is 8.87. The number of hydrogen-bond acceptors (Lipinski definition) is 4. The van der Waals surface area contributed by atoms with Gasteiger partial charge in [0.1, 0.15) is 0 Å². The highest BCUT2D eigenvalue weighted by atomic mass is 35.5. The predicted octanol–water partition coefficient (Wildman–Crippen LogP) is 1.18. The third-order valence-electron chi connectivity index (χ3n) is 3.81. The van der Waals surface area contributed by atoms with Crippen molar-refractivity contribution in [2.24, 2.45) is 5.92 Å². The van der Waals surface area contributed by atoms with Crippen molar-refractivity contribution >= 4 is 33.5 Å². The van der Waals surface area contributed by atoms with Crippen LogP contribution in [0.5, 0.6) is 0 Å². The molecule has 2 rings (SSSR count). The summed E-state index contributed by atoms with van der Waals surface area (Å²) in [6.07, 6.45) is 1.09. The molecule has 0 spiro atoms. The van der Waals surface area contributed by atoms with E-state index < -0.39 is 27.8 Å². The zero-order valence-electron chi connectivity index (χ0n) is 12.5. The number of carbonyl (C=O) groups excluding carboxylic acids is 1. The molecule has 2 N–H and O–H groups in total. The maximum Gasteiger partial charge on any atom is 0.308 e. The molecule has 0 saturated carbocycles. The predicted molar refractivity (Wildman–Crippen MR) is 84.0 cm³/mol. The van der Waals surface area contributed by atoms with E-state index in [4.69, 9.17) is 16.7 Å². The van der Waals surface area contributed by atoms with Gasteiger partial charge in [0.2, 0.25) is 10.0 Å². The van der Waals surface area contributed by atoms with Crippen LogP contribution in [0, 0.1) is 5.92 Å². The Hall–Kier alpha value is -1.64. The molecule has 1 unspecified atom stereocenters. The van der Waals surface area contributed by atoms with Gasteiger partial charge in [-0.1, -0.05) is 11.6 Å². The topological polar surface area (TPSA) is 104 Å². The molecule has 1 aromatic rings. The van der Waals surface area contributed by atoms with E-state index in [0.717, 1.165) is 0 Å². The van der Waals surface area contributed by atoms with Gasteiger partial charge in [-0.05, 0) is 38.1 Å². The van der Waals surface area contributed by atoms with Crippen molar-refractivity contribution in [3.8, 4) is 0 Å². The van der Waals surface area contributed by atoms with Gasteiger partial charge >= 0.3 is 5.97 Å². The summed E-state index contributed by atoms with van der Waals surface area (Å²) in [5, 5.41) is 9.22. The summed E-state index contributed by atoms with van der Waals surface area (Å²) in [7, 11) is -2.43. The smallest absolute Gasteiger partial charge is 0.308 e. The average molecular weight is 361 g/mol. The molecule has 0 bridgehead atoms. The number of carboxylic acid groups (broad SMARTS) is 1. The van der Waals surface area contributed by atoms with Gasteiger partial charge in [0.15, 0.2) is 0 Å². The van der Waals surface area contributed by atoms with E-state index >= 15 is 0 Å². The Labute approximate surface area is 139 Å². The van der Waals surface area contributed by atoms with Gasteiger partial charge in [-0.3, -0.25) is 9.59 Å². The summed E-state index contributed by atoms with van der Waals surface area (Å²) in [4.78, 5) is 25.0. The zero-order valence-corrected chi connectivity index (χ0v) is 14.0. The second-order valence-corrected chi connectivity index (χ2v) is 7.57. The number of benzene rings is 1. The molecular weight excluding hydrogens is 344 g/mol. The lowest BCUT2D eigenvalue weighted by Crippen LogP contribution is -2.42. The number of aliphatic carboxylic acids is 1. The number of nitrogens with one attached hydrogen (secondary N) is 1. The van der Waals surface area contributed by atoms with Gasteiger partial charge in [-0.25, -0.2) is 13.1 Å². The van der Waals surface area contributed by atoms with E-state index in [1.165, 1.54) is 30.1 Å². The lowest BCUT2D eigenvalue weighted by atomic mass is 9.97. The van der Waals surface area contributed by atoms with Crippen molar-refractivity contribution in [1.82, 2.24) is 9.62 Å². The van der Waals surface area contributed by atoms with E-state index in [-0.39, 0.29) is 22.0 Å². The fraction of sp³-hybridized carbons (Fsp3) is 0.429. The third-order valence-corrected chi connectivity index (χ3v) is 5.55. The third kappa shape index (κ3) is 3.82. The lowest BCUT2D eigenvalue weighted by Gasteiger charge is -2.31. The van der Waals surface area contributed by atoms with E-state index in [9.17, 15) is 18.0 Å². The Balaban J connectivity index is 2.32. The molecule has 23 heavy (non-hydrogen) atoms. The average Bonchev–Trinajstić information content (AvgIpc) is 2.54. The van der Waals surface area contributed by atoms with Crippen LogP contribution in [0.2, 0.25) is 5.02 Å². The highest BCUT2D eigenvalue weighted by Gasteiger charge is 2.30. The van der Waals surface area contributed by atoms with Crippen molar-refractivity contribution in [1.29, 1.82) is 0 Å². The molecule has 1 heterocycles. The molecule has 0 aromatic heterocycles. The lowest BCUT2D eigenvalue weighted by molar-refractivity contribution is -0.143. The van der Waals surface area contributed by atoms with Crippen LogP contribution < -0.4 is 4.72 Å². The first-order valence-electron chi connectivity index (χ1n) is 7.01. The first-order chi connectivity index (χ1) is 10.8. The van der Waals surface area contributed by atoms with Crippen LogP contribution in [0.25, 0.3) is 0 Å². The highest BCUT2D eigenvalue weighted by Crippen LogP contribution is 2.25. The van der Waals surface area contributed by atoms with Crippen molar-refractivity contribution in [2.45, 2.75) is 17.7 Å². The second kappa shape index (κ2) is 6.86. The molecule has 126 valence electrons. The molecule has 1 amide bonds. The van der Waals surface area contributed by atoms with Gasteiger partial charge in [0, 0.05) is 13.1 Å². The Morgan fingerprint density at radius 2 is 2.09 bits per heavy atom. The number of halogens is 1. The van der Waals surface area contributed by atoms with Gasteiger partial charge in [-0.15, -0.1) is 0 Å². The van der Waals surface area contributed by atoms with Crippen LogP contribution in [-0.2, 0) is 14.8 Å². The van der Waals surface area contributed by atoms with Gasteiger partial charge in [0.25, 0.3) is 5.91 Å². The minimum Gasteiger partial charge on any atom is -0.481 e. The zero-order chi connectivity index (χ0) is 17.2. The Kier molecular flexibility index (Phi) is 5.28. The monoisotopic (exact) mass is 360 g/mol. The summed E-state index contributed by atoms with van der Waals surface area (Å²) in [5.41, 5.74) is 0.0500. The molecule has 1 fully saturated rings. The van der Waals surface area contributed by atoms with Crippen molar-refractivity contribution in [3.63, 3.8) is 0 Å². The molecule has 1 aliphatic heterocycles. The maximum absolute atomic E-state index is 12.6. The molecular formula is C14H17ClN2O5S. The summed E-state index contributed by atoms with van der Waals surface area (Å²) in [6, 6.07) is 3.86. The summed E-state index contributed by atoms with van der Waals surface area (Å²) in [6.45, 7) is 0.509. The molecule has 0 aliphatic carbocycles. The Morgan fingerprint density at radius 1 is 1.39 bits per heavy atom. The van der Waals surface area contributed by atoms with E-state index in [1.54, 1.807) is 0 Å². The number of amides is 1. The summed E-state index contributed by atoms with van der Waals surface area (Å²) < 4.78 is 25.9. The fourth-order valence-electron chi connectivity index (χ4n) is 2.49. The molecule has 0 radical (unpaired) electrons. The number of piperidine rings is 1.